The zero-order valence-corrected chi connectivity index (χ0v) is 16.4. The molecule has 0 unspecified atom stereocenters. The Kier molecular flexibility index (Phi) is 7.37. The van der Waals surface area contributed by atoms with Gasteiger partial charge in [-0.05, 0) is 44.2 Å². The quantitative estimate of drug-likeness (QED) is 0.562. The number of nitrogens with one attached hydrogen (secondary N) is 2. The first-order valence-corrected chi connectivity index (χ1v) is 9.87. The maximum Gasteiger partial charge on any atom is 0.191 e. The molecule has 0 amide bonds. The summed E-state index contributed by atoms with van der Waals surface area (Å²) in [5, 5.41) is 11.0. The second-order valence-corrected chi connectivity index (χ2v) is 8.05. The maximum atomic E-state index is 4.72. The maximum absolute atomic E-state index is 4.72. The Morgan fingerprint density at radius 3 is 2.72 bits per heavy atom. The molecule has 6 heteroatoms. The van der Waals surface area contributed by atoms with Gasteiger partial charge >= 0.3 is 0 Å². The Balaban J connectivity index is 1.99. The van der Waals surface area contributed by atoms with Crippen molar-refractivity contribution in [1.82, 2.24) is 20.4 Å². The minimum atomic E-state index is 0.180. The Morgan fingerprint density at radius 1 is 1.24 bits per heavy atom. The number of aliphatic imine (C=N–C) groups is 1. The van der Waals surface area contributed by atoms with Gasteiger partial charge in [-0.3, -0.25) is 4.68 Å². The van der Waals surface area contributed by atoms with E-state index in [1.807, 2.05) is 28.7 Å². The average Bonchev–Trinajstić information content (AvgIpc) is 3.11. The predicted octanol–water partition coefficient (Wildman–Crippen LogP) is 3.13. The summed E-state index contributed by atoms with van der Waals surface area (Å²) < 4.78 is 2.11. The zero-order chi connectivity index (χ0) is 18.1. The Hall–Kier alpha value is -1.95. The van der Waals surface area contributed by atoms with Gasteiger partial charge in [0.2, 0.25) is 0 Å². The molecule has 2 aromatic rings. The lowest BCUT2D eigenvalue weighted by molar-refractivity contribution is 0.664. The molecular weight excluding hydrogens is 330 g/mol. The van der Waals surface area contributed by atoms with Crippen molar-refractivity contribution in [3.05, 3.63) is 53.9 Å². The van der Waals surface area contributed by atoms with Crippen LogP contribution in [0.5, 0.6) is 0 Å². The molecule has 0 saturated heterocycles. The molecule has 0 saturated carbocycles. The Bertz CT molecular complexity index is 664. The van der Waals surface area contributed by atoms with Gasteiger partial charge in [0.1, 0.15) is 0 Å². The van der Waals surface area contributed by atoms with Crippen molar-refractivity contribution in [2.24, 2.45) is 4.99 Å². The highest BCUT2D eigenvalue weighted by Crippen LogP contribution is 2.19. The highest BCUT2D eigenvalue weighted by molar-refractivity contribution is 7.99. The van der Waals surface area contributed by atoms with Gasteiger partial charge < -0.3 is 10.6 Å². The first kappa shape index (κ1) is 19.4. The number of benzene rings is 1. The molecule has 0 spiro atoms. The van der Waals surface area contributed by atoms with Gasteiger partial charge in [-0.25, -0.2) is 4.99 Å². The third-order valence-electron chi connectivity index (χ3n) is 3.89. The fourth-order valence-corrected chi connectivity index (χ4v) is 2.50. The second kappa shape index (κ2) is 9.51. The van der Waals surface area contributed by atoms with Gasteiger partial charge in [-0.1, -0.05) is 24.3 Å². The number of hydrogen-bond donors (Lipinski definition) is 2. The summed E-state index contributed by atoms with van der Waals surface area (Å²) in [7, 11) is 0. The first-order valence-electron chi connectivity index (χ1n) is 8.65. The number of thioether (sulfide) groups is 1. The molecule has 1 heterocycles. The third kappa shape index (κ3) is 6.82. The van der Waals surface area contributed by atoms with E-state index in [-0.39, 0.29) is 4.75 Å². The van der Waals surface area contributed by atoms with Gasteiger partial charge in [0.05, 0.1) is 13.1 Å². The van der Waals surface area contributed by atoms with Crippen LogP contribution in [0.3, 0.4) is 0 Å². The summed E-state index contributed by atoms with van der Waals surface area (Å²) in [4.78, 5) is 4.72. The van der Waals surface area contributed by atoms with Gasteiger partial charge in [0.15, 0.2) is 5.96 Å². The Labute approximate surface area is 155 Å². The van der Waals surface area contributed by atoms with Crippen molar-refractivity contribution in [1.29, 1.82) is 0 Å². The van der Waals surface area contributed by atoms with Crippen LogP contribution >= 0.6 is 11.8 Å². The molecule has 1 aromatic carbocycles. The number of guanidine groups is 1. The zero-order valence-electron chi connectivity index (χ0n) is 15.6. The molecule has 0 fully saturated rings. The highest BCUT2D eigenvalue weighted by atomic mass is 32.2. The monoisotopic (exact) mass is 359 g/mol. The first-order chi connectivity index (χ1) is 12.0. The van der Waals surface area contributed by atoms with Crippen molar-refractivity contribution in [2.45, 2.75) is 38.6 Å². The largest absolute Gasteiger partial charge is 0.357 e. The molecular formula is C19H29N5S. The van der Waals surface area contributed by atoms with Crippen molar-refractivity contribution in [3.8, 4) is 0 Å². The van der Waals surface area contributed by atoms with Crippen molar-refractivity contribution in [2.75, 3.05) is 19.3 Å². The lowest BCUT2D eigenvalue weighted by atomic mass is 10.1. The van der Waals surface area contributed by atoms with Crippen LogP contribution in [0.2, 0.25) is 0 Å². The summed E-state index contributed by atoms with van der Waals surface area (Å²) in [5.74, 6) is 0.863. The molecule has 136 valence electrons. The summed E-state index contributed by atoms with van der Waals surface area (Å²) in [6.45, 7) is 9.71. The summed E-state index contributed by atoms with van der Waals surface area (Å²) in [6.07, 6.45) is 5.92. The molecule has 0 aliphatic carbocycles. The van der Waals surface area contributed by atoms with Crippen LogP contribution in [0.1, 0.15) is 31.9 Å². The highest BCUT2D eigenvalue weighted by Gasteiger charge is 2.16. The van der Waals surface area contributed by atoms with Gasteiger partial charge in [0, 0.05) is 30.2 Å². The van der Waals surface area contributed by atoms with Crippen LogP contribution in [0.25, 0.3) is 0 Å². The van der Waals surface area contributed by atoms with Gasteiger partial charge in [-0.2, -0.15) is 16.9 Å². The molecule has 1 aromatic heterocycles. The molecule has 0 aliphatic heterocycles. The summed E-state index contributed by atoms with van der Waals surface area (Å²) >= 11 is 1.85. The van der Waals surface area contributed by atoms with E-state index in [4.69, 9.17) is 4.99 Å². The van der Waals surface area contributed by atoms with E-state index < -0.39 is 0 Å². The van der Waals surface area contributed by atoms with Crippen LogP contribution < -0.4 is 10.6 Å². The minimum Gasteiger partial charge on any atom is -0.357 e. The topological polar surface area (TPSA) is 54.2 Å². The average molecular weight is 360 g/mol. The van der Waals surface area contributed by atoms with E-state index in [2.05, 4.69) is 67.0 Å². The number of aromatic nitrogens is 2. The van der Waals surface area contributed by atoms with E-state index in [0.29, 0.717) is 6.54 Å². The second-order valence-electron chi connectivity index (χ2n) is 6.54. The fraction of sp³-hybridized carbons (Fsp3) is 0.474. The van der Waals surface area contributed by atoms with Crippen LogP contribution in [0.4, 0.5) is 0 Å². The number of rotatable bonds is 8. The van der Waals surface area contributed by atoms with Crippen LogP contribution in [-0.4, -0.2) is 39.8 Å². The number of nitrogens with zero attached hydrogens (tertiary/aromatic N) is 3. The lowest BCUT2D eigenvalue weighted by Crippen LogP contribution is -2.43. The predicted molar refractivity (Wildman–Crippen MR) is 108 cm³/mol. The lowest BCUT2D eigenvalue weighted by Gasteiger charge is -2.23. The van der Waals surface area contributed by atoms with Crippen molar-refractivity contribution < 1.29 is 0 Å². The van der Waals surface area contributed by atoms with E-state index in [1.165, 1.54) is 11.1 Å². The molecule has 2 N–H and O–H groups in total. The van der Waals surface area contributed by atoms with Gasteiger partial charge in [-0.15, -0.1) is 0 Å². The molecule has 0 atom stereocenters. The number of hydrogen-bond acceptors (Lipinski definition) is 3. The molecule has 2 rings (SSSR count). The summed E-state index contributed by atoms with van der Waals surface area (Å²) in [5.41, 5.74) is 2.43. The van der Waals surface area contributed by atoms with Gasteiger partial charge in [0.25, 0.3) is 0 Å². The normalized spacial score (nSPS) is 12.2. The minimum absolute atomic E-state index is 0.180. The standard InChI is InChI=1S/C19H29N5S/c1-5-20-18(22-15-19(2,3)25-4)21-13-16-8-6-9-17(12-16)14-24-11-7-10-23-24/h6-12H,5,13-15H2,1-4H3,(H2,20,21,22). The SMILES string of the molecule is CCNC(=NCc1cccc(Cn2cccn2)c1)NCC(C)(C)SC. The van der Waals surface area contributed by atoms with E-state index in [0.717, 1.165) is 25.6 Å². The fourth-order valence-electron chi connectivity index (χ4n) is 2.29. The molecule has 0 aliphatic rings. The molecule has 0 bridgehead atoms. The molecule has 0 radical (unpaired) electrons. The Morgan fingerprint density at radius 2 is 2.04 bits per heavy atom. The summed E-state index contributed by atoms with van der Waals surface area (Å²) in [6, 6.07) is 10.5. The van der Waals surface area contributed by atoms with Crippen LogP contribution in [-0.2, 0) is 13.1 Å². The third-order valence-corrected chi connectivity index (χ3v) is 5.14. The van der Waals surface area contributed by atoms with Crippen LogP contribution in [0, 0.1) is 0 Å². The molecule has 25 heavy (non-hydrogen) atoms. The smallest absolute Gasteiger partial charge is 0.191 e. The van der Waals surface area contributed by atoms with E-state index in [9.17, 15) is 0 Å². The van der Waals surface area contributed by atoms with E-state index >= 15 is 0 Å². The molecule has 5 nitrogen and oxygen atoms in total. The van der Waals surface area contributed by atoms with E-state index in [1.54, 1.807) is 6.20 Å². The van der Waals surface area contributed by atoms with Crippen molar-refractivity contribution >= 4 is 17.7 Å². The van der Waals surface area contributed by atoms with Crippen LogP contribution in [0.15, 0.2) is 47.7 Å². The van der Waals surface area contributed by atoms with Crippen molar-refractivity contribution in [3.63, 3.8) is 0 Å².